The molecule has 13 aromatic carbocycles. The molecule has 0 fully saturated rings. The van der Waals surface area contributed by atoms with Crippen LogP contribution in [-0.2, 0) is 5.41 Å². The molecular weight excluding hydrogens is 877 g/mol. The zero-order valence-electron chi connectivity index (χ0n) is 40.6. The number of fused-ring (bicyclic) bond motifs is 12. The lowest BCUT2D eigenvalue weighted by atomic mass is 9.81. The number of hydrogen-bond acceptors (Lipinski definition) is 0. The van der Waals surface area contributed by atoms with Crippen LogP contribution in [0.15, 0.2) is 243 Å². The maximum atomic E-state index is 2.47. The Hall–Kier alpha value is -9.10. The van der Waals surface area contributed by atoms with Gasteiger partial charge >= 0.3 is 0 Å². The lowest BCUT2D eigenvalue weighted by molar-refractivity contribution is 0.660. The highest BCUT2D eigenvalue weighted by Crippen LogP contribution is 2.60. The van der Waals surface area contributed by atoms with Crippen LogP contribution in [0.25, 0.3) is 154 Å². The molecule has 0 aromatic heterocycles. The van der Waals surface area contributed by atoms with Crippen molar-refractivity contribution >= 4 is 43.1 Å². The minimum atomic E-state index is -0.0563. The first kappa shape index (κ1) is 40.6. The average molecular weight is 923 g/mol. The molecule has 0 bridgehead atoms. The van der Waals surface area contributed by atoms with E-state index < -0.39 is 0 Å². The Labute approximate surface area is 425 Å². The third-order valence-corrected chi connectivity index (χ3v) is 16.9. The standard InChI is InChI=1S/C73H46/c1-73(2)63-33-14-13-24-51(63)52-37-35-46(42-64(52)73)45-34-36-50-54-30-17-31-59-65(55-25-9-12-28-58(55)70(69(54)59)62(50)41-45)48-23-15-22-47(40-48)49-38-39-61-68-53(49)29-16-32-60(68)71-66(43-18-5-3-6-19-43)56-26-10-11-27-57(56)67(72(61)71)44-20-7-4-8-21-44/h3-42H,1-2H3. The van der Waals surface area contributed by atoms with E-state index in [-0.39, 0.29) is 5.41 Å². The zero-order chi connectivity index (χ0) is 48.1. The van der Waals surface area contributed by atoms with Crippen molar-refractivity contribution < 1.29 is 0 Å². The second-order valence-electron chi connectivity index (χ2n) is 21.0. The van der Waals surface area contributed by atoms with Gasteiger partial charge in [-0.15, -0.1) is 0 Å². The van der Waals surface area contributed by atoms with Gasteiger partial charge in [0.1, 0.15) is 0 Å². The summed E-state index contributed by atoms with van der Waals surface area (Å²) in [7, 11) is 0. The van der Waals surface area contributed by atoms with E-state index in [0.717, 1.165) is 0 Å². The molecule has 13 aromatic rings. The van der Waals surface area contributed by atoms with E-state index in [0.29, 0.717) is 0 Å². The number of benzene rings is 13. The summed E-state index contributed by atoms with van der Waals surface area (Å²) in [5.74, 6) is 0. The van der Waals surface area contributed by atoms with Crippen LogP contribution in [0.1, 0.15) is 25.0 Å². The maximum absolute atomic E-state index is 2.47. The molecule has 73 heavy (non-hydrogen) atoms. The molecule has 0 radical (unpaired) electrons. The minimum Gasteiger partial charge on any atom is -0.0622 e. The highest BCUT2D eigenvalue weighted by Gasteiger charge is 2.36. The predicted octanol–water partition coefficient (Wildman–Crippen LogP) is 20.2. The summed E-state index contributed by atoms with van der Waals surface area (Å²) in [5, 5.41) is 10.4. The van der Waals surface area contributed by atoms with Crippen LogP contribution in [0.3, 0.4) is 0 Å². The van der Waals surface area contributed by atoms with Crippen molar-refractivity contribution in [3.8, 4) is 111 Å². The van der Waals surface area contributed by atoms with Crippen molar-refractivity contribution in [1.82, 2.24) is 0 Å². The Morgan fingerprint density at radius 1 is 0.205 bits per heavy atom. The Balaban J connectivity index is 0.868. The molecular formula is C73H46. The Morgan fingerprint density at radius 2 is 0.671 bits per heavy atom. The van der Waals surface area contributed by atoms with Crippen LogP contribution in [0, 0.1) is 0 Å². The van der Waals surface area contributed by atoms with E-state index in [9.17, 15) is 0 Å². The molecule has 0 amide bonds. The molecule has 3 aliphatic rings. The highest BCUT2D eigenvalue weighted by atomic mass is 14.4. The Bertz CT molecular complexity index is 4460. The first-order chi connectivity index (χ1) is 36.0. The first-order valence-electron chi connectivity index (χ1n) is 25.7. The third kappa shape index (κ3) is 5.56. The SMILES string of the molecule is CC1(C)c2ccccc2-c2ccc(-c3ccc4c(c3)-c3c5ccccc5c(-c5cccc(-c6ccc7c8c(cccc68)-c6c-7c(-c7ccccc7)c7ccccc7c6-c6ccccc6)c5)c5cccc-4c35)cc21. The quantitative estimate of drug-likeness (QED) is 0.151. The summed E-state index contributed by atoms with van der Waals surface area (Å²) in [6.07, 6.45) is 0. The van der Waals surface area contributed by atoms with E-state index in [1.54, 1.807) is 0 Å². The third-order valence-electron chi connectivity index (χ3n) is 16.9. The van der Waals surface area contributed by atoms with Gasteiger partial charge in [-0.25, -0.2) is 0 Å². The molecule has 0 unspecified atom stereocenters. The lowest BCUT2D eigenvalue weighted by Gasteiger charge is -2.22. The molecule has 0 atom stereocenters. The second kappa shape index (κ2) is 15.0. The first-order valence-corrected chi connectivity index (χ1v) is 25.7. The fourth-order valence-electron chi connectivity index (χ4n) is 13.8. The van der Waals surface area contributed by atoms with E-state index in [4.69, 9.17) is 0 Å². The molecule has 0 aliphatic heterocycles. The van der Waals surface area contributed by atoms with Crippen molar-refractivity contribution in [3.05, 3.63) is 254 Å². The van der Waals surface area contributed by atoms with Crippen molar-refractivity contribution in [2.45, 2.75) is 19.3 Å². The zero-order valence-corrected chi connectivity index (χ0v) is 40.6. The summed E-state index contributed by atoms with van der Waals surface area (Å²) < 4.78 is 0. The summed E-state index contributed by atoms with van der Waals surface area (Å²) in [4.78, 5) is 0. The van der Waals surface area contributed by atoms with Gasteiger partial charge in [0.2, 0.25) is 0 Å². The largest absolute Gasteiger partial charge is 0.0622 e. The summed E-state index contributed by atoms with van der Waals surface area (Å²) >= 11 is 0. The van der Waals surface area contributed by atoms with Crippen LogP contribution >= 0.6 is 0 Å². The molecule has 338 valence electrons. The lowest BCUT2D eigenvalue weighted by Crippen LogP contribution is -2.14. The van der Waals surface area contributed by atoms with Gasteiger partial charge in [-0.3, -0.25) is 0 Å². The van der Waals surface area contributed by atoms with Gasteiger partial charge < -0.3 is 0 Å². The van der Waals surface area contributed by atoms with Crippen LogP contribution in [-0.4, -0.2) is 0 Å². The normalized spacial score (nSPS) is 13.2. The predicted molar refractivity (Wildman–Crippen MR) is 310 cm³/mol. The van der Waals surface area contributed by atoms with Crippen molar-refractivity contribution in [2.24, 2.45) is 0 Å². The molecule has 0 heterocycles. The van der Waals surface area contributed by atoms with Crippen LogP contribution in [0.5, 0.6) is 0 Å². The monoisotopic (exact) mass is 922 g/mol. The highest BCUT2D eigenvalue weighted by molar-refractivity contribution is 6.31. The number of rotatable bonds is 5. The topological polar surface area (TPSA) is 0 Å². The van der Waals surface area contributed by atoms with Crippen LogP contribution in [0.2, 0.25) is 0 Å². The summed E-state index contributed by atoms with van der Waals surface area (Å²) in [5.41, 5.74) is 28.6. The fourth-order valence-corrected chi connectivity index (χ4v) is 13.8. The van der Waals surface area contributed by atoms with E-state index in [1.165, 1.54) is 165 Å². The van der Waals surface area contributed by atoms with Gasteiger partial charge in [0.15, 0.2) is 0 Å². The summed E-state index contributed by atoms with van der Waals surface area (Å²) in [6, 6.07) is 91.6. The molecule has 0 nitrogen and oxygen atoms in total. The molecule has 0 heteroatoms. The molecule has 3 aliphatic carbocycles. The smallest absolute Gasteiger partial charge is 0.0159 e. The van der Waals surface area contributed by atoms with Gasteiger partial charge in [0.25, 0.3) is 0 Å². The van der Waals surface area contributed by atoms with Crippen LogP contribution < -0.4 is 0 Å². The second-order valence-corrected chi connectivity index (χ2v) is 21.0. The van der Waals surface area contributed by atoms with Gasteiger partial charge in [0, 0.05) is 5.41 Å². The molecule has 0 N–H and O–H groups in total. The van der Waals surface area contributed by atoms with Crippen molar-refractivity contribution in [1.29, 1.82) is 0 Å². The maximum Gasteiger partial charge on any atom is 0.0159 e. The Morgan fingerprint density at radius 3 is 1.38 bits per heavy atom. The van der Waals surface area contributed by atoms with Crippen LogP contribution in [0.4, 0.5) is 0 Å². The average Bonchev–Trinajstić information content (AvgIpc) is 4.04. The molecule has 16 rings (SSSR count). The van der Waals surface area contributed by atoms with Gasteiger partial charge in [-0.2, -0.15) is 0 Å². The van der Waals surface area contributed by atoms with Gasteiger partial charge in [-0.1, -0.05) is 238 Å². The minimum absolute atomic E-state index is 0.0563. The van der Waals surface area contributed by atoms with Crippen molar-refractivity contribution in [2.75, 3.05) is 0 Å². The van der Waals surface area contributed by atoms with Gasteiger partial charge in [-0.05, 0) is 184 Å². The molecule has 0 saturated carbocycles. The fraction of sp³-hybridized carbons (Fsp3) is 0.0411. The molecule has 0 saturated heterocycles. The van der Waals surface area contributed by atoms with Gasteiger partial charge in [0.05, 0.1) is 0 Å². The van der Waals surface area contributed by atoms with Crippen molar-refractivity contribution in [3.63, 3.8) is 0 Å². The van der Waals surface area contributed by atoms with E-state index >= 15 is 0 Å². The van der Waals surface area contributed by atoms with E-state index in [2.05, 4.69) is 257 Å². The Kier molecular flexibility index (Phi) is 8.33. The van der Waals surface area contributed by atoms with E-state index in [1.807, 2.05) is 0 Å². The number of hydrogen-bond donors (Lipinski definition) is 0. The molecule has 0 spiro atoms. The summed E-state index contributed by atoms with van der Waals surface area (Å²) in [6.45, 7) is 4.74.